The highest BCUT2D eigenvalue weighted by molar-refractivity contribution is 5.23. The minimum absolute atomic E-state index is 0.0255. The Kier molecular flexibility index (Phi) is 4.03. The van der Waals surface area contributed by atoms with Crippen molar-refractivity contribution in [2.75, 3.05) is 6.54 Å². The van der Waals surface area contributed by atoms with E-state index in [0.29, 0.717) is 6.54 Å². The van der Waals surface area contributed by atoms with E-state index in [1.54, 1.807) is 0 Å². The molecule has 1 aromatic carbocycles. The SMILES string of the molecule is Cc1ccc(CC2(CN)CCCC(C)(C)C2O)cc1. The van der Waals surface area contributed by atoms with E-state index in [2.05, 4.69) is 45.0 Å². The van der Waals surface area contributed by atoms with Crippen molar-refractivity contribution in [2.24, 2.45) is 16.6 Å². The fourth-order valence-corrected chi connectivity index (χ4v) is 3.58. The van der Waals surface area contributed by atoms with Gasteiger partial charge in [0.15, 0.2) is 0 Å². The lowest BCUT2D eigenvalue weighted by molar-refractivity contribution is -0.0884. The third-order valence-electron chi connectivity index (χ3n) is 4.90. The van der Waals surface area contributed by atoms with Gasteiger partial charge in [-0.2, -0.15) is 0 Å². The maximum absolute atomic E-state index is 10.8. The summed E-state index contributed by atoms with van der Waals surface area (Å²) in [6.45, 7) is 6.99. The van der Waals surface area contributed by atoms with Crippen molar-refractivity contribution in [1.82, 2.24) is 0 Å². The van der Waals surface area contributed by atoms with Crippen LogP contribution in [0.4, 0.5) is 0 Å². The Hall–Kier alpha value is -0.860. The van der Waals surface area contributed by atoms with Gasteiger partial charge in [-0.25, -0.2) is 0 Å². The predicted molar refractivity (Wildman–Crippen MR) is 80.0 cm³/mol. The fourth-order valence-electron chi connectivity index (χ4n) is 3.58. The number of hydrogen-bond donors (Lipinski definition) is 2. The number of hydrogen-bond acceptors (Lipinski definition) is 2. The maximum Gasteiger partial charge on any atom is 0.0662 e. The molecule has 2 rings (SSSR count). The van der Waals surface area contributed by atoms with Crippen molar-refractivity contribution in [3.63, 3.8) is 0 Å². The summed E-state index contributed by atoms with van der Waals surface area (Å²) in [5, 5.41) is 10.8. The lowest BCUT2D eigenvalue weighted by Gasteiger charge is -2.49. The quantitative estimate of drug-likeness (QED) is 0.878. The minimum Gasteiger partial charge on any atom is -0.392 e. The average Bonchev–Trinajstić information content (AvgIpc) is 2.38. The van der Waals surface area contributed by atoms with Gasteiger partial charge in [0.1, 0.15) is 0 Å². The normalized spacial score (nSPS) is 30.3. The van der Waals surface area contributed by atoms with Gasteiger partial charge in [-0.05, 0) is 37.2 Å². The zero-order valence-electron chi connectivity index (χ0n) is 12.4. The molecule has 2 unspecified atom stereocenters. The molecule has 0 radical (unpaired) electrons. The summed E-state index contributed by atoms with van der Waals surface area (Å²) in [5.41, 5.74) is 8.44. The van der Waals surface area contributed by atoms with Crippen LogP contribution in [0.25, 0.3) is 0 Å². The molecule has 19 heavy (non-hydrogen) atoms. The Morgan fingerprint density at radius 2 is 1.84 bits per heavy atom. The highest BCUT2D eigenvalue weighted by atomic mass is 16.3. The summed E-state index contributed by atoms with van der Waals surface area (Å²) in [7, 11) is 0. The first-order valence-electron chi connectivity index (χ1n) is 7.33. The first kappa shape index (κ1) is 14.5. The largest absolute Gasteiger partial charge is 0.392 e. The third-order valence-corrected chi connectivity index (χ3v) is 4.90. The van der Waals surface area contributed by atoms with E-state index in [0.717, 1.165) is 25.7 Å². The van der Waals surface area contributed by atoms with Crippen LogP contribution >= 0.6 is 0 Å². The molecule has 0 heterocycles. The lowest BCUT2D eigenvalue weighted by Crippen LogP contribution is -2.53. The van der Waals surface area contributed by atoms with Crippen LogP contribution in [0, 0.1) is 17.8 Å². The molecular formula is C17H27NO. The Labute approximate surface area is 117 Å². The second kappa shape index (κ2) is 5.26. The van der Waals surface area contributed by atoms with Crippen LogP contribution in [0.2, 0.25) is 0 Å². The molecule has 0 amide bonds. The van der Waals surface area contributed by atoms with Crippen LogP contribution in [-0.2, 0) is 6.42 Å². The van der Waals surface area contributed by atoms with Crippen LogP contribution in [0.3, 0.4) is 0 Å². The van der Waals surface area contributed by atoms with Gasteiger partial charge in [0.25, 0.3) is 0 Å². The molecule has 2 heteroatoms. The van der Waals surface area contributed by atoms with E-state index in [1.165, 1.54) is 11.1 Å². The van der Waals surface area contributed by atoms with Gasteiger partial charge in [-0.3, -0.25) is 0 Å². The van der Waals surface area contributed by atoms with Crippen molar-refractivity contribution >= 4 is 0 Å². The molecule has 1 fully saturated rings. The Bertz CT molecular complexity index is 423. The molecule has 0 aliphatic heterocycles. The fraction of sp³-hybridized carbons (Fsp3) is 0.647. The first-order valence-corrected chi connectivity index (χ1v) is 7.33. The van der Waals surface area contributed by atoms with E-state index in [-0.39, 0.29) is 16.9 Å². The molecular weight excluding hydrogens is 234 g/mol. The molecule has 1 aromatic rings. The van der Waals surface area contributed by atoms with Crippen molar-refractivity contribution in [3.8, 4) is 0 Å². The van der Waals surface area contributed by atoms with Gasteiger partial charge in [0.05, 0.1) is 6.10 Å². The first-order chi connectivity index (χ1) is 8.89. The average molecular weight is 261 g/mol. The summed E-state index contributed by atoms with van der Waals surface area (Å²) < 4.78 is 0. The minimum atomic E-state index is -0.319. The van der Waals surface area contributed by atoms with Crippen molar-refractivity contribution in [1.29, 1.82) is 0 Å². The van der Waals surface area contributed by atoms with E-state index in [1.807, 2.05) is 0 Å². The van der Waals surface area contributed by atoms with Gasteiger partial charge in [0, 0.05) is 12.0 Å². The van der Waals surface area contributed by atoms with E-state index in [9.17, 15) is 5.11 Å². The molecule has 2 nitrogen and oxygen atoms in total. The van der Waals surface area contributed by atoms with Gasteiger partial charge < -0.3 is 10.8 Å². The highest BCUT2D eigenvalue weighted by Crippen LogP contribution is 2.47. The molecule has 106 valence electrons. The van der Waals surface area contributed by atoms with Gasteiger partial charge >= 0.3 is 0 Å². The number of nitrogens with two attached hydrogens (primary N) is 1. The summed E-state index contributed by atoms with van der Waals surface area (Å²) in [5.74, 6) is 0. The number of aryl methyl sites for hydroxylation is 1. The Morgan fingerprint density at radius 1 is 1.21 bits per heavy atom. The lowest BCUT2D eigenvalue weighted by atomic mass is 9.59. The molecule has 1 saturated carbocycles. The van der Waals surface area contributed by atoms with Gasteiger partial charge in [-0.15, -0.1) is 0 Å². The highest BCUT2D eigenvalue weighted by Gasteiger charge is 2.47. The summed E-state index contributed by atoms with van der Waals surface area (Å²) in [6.07, 6.45) is 3.84. The third kappa shape index (κ3) is 2.85. The Balaban J connectivity index is 2.24. The molecule has 1 aliphatic carbocycles. The summed E-state index contributed by atoms with van der Waals surface area (Å²) in [6, 6.07) is 8.61. The predicted octanol–water partition coefficient (Wildman–Crippen LogP) is 3.05. The molecule has 0 saturated heterocycles. The van der Waals surface area contributed by atoms with E-state index in [4.69, 9.17) is 5.73 Å². The number of benzene rings is 1. The molecule has 0 aromatic heterocycles. The van der Waals surface area contributed by atoms with Crippen LogP contribution in [-0.4, -0.2) is 17.8 Å². The zero-order chi connectivity index (χ0) is 14.1. The number of aliphatic hydroxyl groups is 1. The van der Waals surface area contributed by atoms with Gasteiger partial charge in [-0.1, -0.05) is 50.1 Å². The van der Waals surface area contributed by atoms with Crippen LogP contribution < -0.4 is 5.73 Å². The summed E-state index contributed by atoms with van der Waals surface area (Å²) in [4.78, 5) is 0. The van der Waals surface area contributed by atoms with Crippen molar-refractivity contribution < 1.29 is 5.11 Å². The molecule has 3 N–H and O–H groups in total. The van der Waals surface area contributed by atoms with Crippen molar-refractivity contribution in [2.45, 2.75) is 52.6 Å². The second-order valence-corrected chi connectivity index (χ2v) is 6.97. The number of rotatable bonds is 3. The molecule has 0 bridgehead atoms. The van der Waals surface area contributed by atoms with Crippen LogP contribution in [0.5, 0.6) is 0 Å². The molecule has 0 spiro atoms. The molecule has 1 aliphatic rings. The zero-order valence-corrected chi connectivity index (χ0v) is 12.4. The topological polar surface area (TPSA) is 46.2 Å². The van der Waals surface area contributed by atoms with Crippen molar-refractivity contribution in [3.05, 3.63) is 35.4 Å². The smallest absolute Gasteiger partial charge is 0.0662 e. The van der Waals surface area contributed by atoms with E-state index < -0.39 is 0 Å². The summed E-state index contributed by atoms with van der Waals surface area (Å²) >= 11 is 0. The van der Waals surface area contributed by atoms with E-state index >= 15 is 0 Å². The van der Waals surface area contributed by atoms with Crippen LogP contribution in [0.15, 0.2) is 24.3 Å². The number of aliphatic hydroxyl groups excluding tert-OH is 1. The molecule has 2 atom stereocenters. The second-order valence-electron chi connectivity index (χ2n) is 6.97. The monoisotopic (exact) mass is 261 g/mol. The van der Waals surface area contributed by atoms with Gasteiger partial charge in [0.2, 0.25) is 0 Å². The van der Waals surface area contributed by atoms with Crippen LogP contribution in [0.1, 0.15) is 44.2 Å². The standard InChI is InChI=1S/C17H27NO/c1-13-5-7-14(8-6-13)11-17(12-18)10-4-9-16(2,3)15(17)19/h5-8,15,19H,4,9-12,18H2,1-3H3. The maximum atomic E-state index is 10.8. The Morgan fingerprint density at radius 3 is 2.42 bits per heavy atom.